The number of carbonyl (C=O) groups excluding carboxylic acids is 1. The molecular formula is C11H10BrF3N2O3S. The summed E-state index contributed by atoms with van der Waals surface area (Å²) in [6, 6.07) is 0.790. The predicted molar refractivity (Wildman–Crippen MR) is 71.5 cm³/mol. The molecule has 0 spiro atoms. The van der Waals surface area contributed by atoms with Gasteiger partial charge in [0.15, 0.2) is 9.84 Å². The summed E-state index contributed by atoms with van der Waals surface area (Å²) in [5.74, 6) is -1.08. The maximum atomic E-state index is 12.7. The van der Waals surface area contributed by atoms with Crippen LogP contribution in [0.15, 0.2) is 16.7 Å². The highest BCUT2D eigenvalue weighted by Gasteiger charge is 2.33. The van der Waals surface area contributed by atoms with Gasteiger partial charge in [-0.25, -0.2) is 13.4 Å². The van der Waals surface area contributed by atoms with Crippen molar-refractivity contribution in [3.8, 4) is 0 Å². The van der Waals surface area contributed by atoms with Crippen molar-refractivity contribution in [2.45, 2.75) is 18.6 Å². The number of pyridine rings is 1. The number of rotatable bonds is 2. The summed E-state index contributed by atoms with van der Waals surface area (Å²) in [6.07, 6.45) is -4.36. The molecule has 21 heavy (non-hydrogen) atoms. The minimum Gasteiger partial charge on any atom is -0.347 e. The Morgan fingerprint density at radius 3 is 2.57 bits per heavy atom. The fourth-order valence-corrected chi connectivity index (χ4v) is 4.06. The second-order valence-electron chi connectivity index (χ2n) is 4.63. The SMILES string of the molecule is O=C(N[C@@H]1CCS(=O)(=O)C1)c1cc(C(F)(F)F)cc(Br)n1. The van der Waals surface area contributed by atoms with E-state index in [0.717, 1.165) is 6.07 Å². The molecule has 0 radical (unpaired) electrons. The van der Waals surface area contributed by atoms with Gasteiger partial charge in [0.25, 0.3) is 5.91 Å². The Balaban J connectivity index is 2.18. The fraction of sp³-hybridized carbons (Fsp3) is 0.455. The average molecular weight is 387 g/mol. The van der Waals surface area contributed by atoms with Crippen LogP contribution in [0.4, 0.5) is 13.2 Å². The van der Waals surface area contributed by atoms with Crippen LogP contribution in [-0.2, 0) is 16.0 Å². The van der Waals surface area contributed by atoms with E-state index in [0.29, 0.717) is 6.07 Å². The zero-order valence-electron chi connectivity index (χ0n) is 10.4. The molecule has 1 saturated heterocycles. The molecule has 10 heteroatoms. The molecule has 116 valence electrons. The Bertz CT molecular complexity index is 676. The highest BCUT2D eigenvalue weighted by molar-refractivity contribution is 9.10. The molecule has 1 N–H and O–H groups in total. The first-order chi connectivity index (χ1) is 9.57. The lowest BCUT2D eigenvalue weighted by Gasteiger charge is -2.12. The lowest BCUT2D eigenvalue weighted by molar-refractivity contribution is -0.137. The monoisotopic (exact) mass is 386 g/mol. The van der Waals surface area contributed by atoms with E-state index in [9.17, 15) is 26.4 Å². The number of nitrogens with zero attached hydrogens (tertiary/aromatic N) is 1. The molecule has 1 aromatic heterocycles. The fourth-order valence-electron chi connectivity index (χ4n) is 1.95. The van der Waals surface area contributed by atoms with Crippen LogP contribution in [0.1, 0.15) is 22.5 Å². The van der Waals surface area contributed by atoms with Crippen LogP contribution in [0, 0.1) is 0 Å². The Morgan fingerprint density at radius 1 is 1.38 bits per heavy atom. The minimum atomic E-state index is -4.60. The molecular weight excluding hydrogens is 377 g/mol. The van der Waals surface area contributed by atoms with Gasteiger partial charge in [0.05, 0.1) is 17.1 Å². The van der Waals surface area contributed by atoms with E-state index in [-0.39, 0.29) is 22.5 Å². The number of alkyl halides is 3. The quantitative estimate of drug-likeness (QED) is 0.786. The van der Waals surface area contributed by atoms with Crippen molar-refractivity contribution in [1.82, 2.24) is 10.3 Å². The van der Waals surface area contributed by atoms with E-state index < -0.39 is 39.2 Å². The summed E-state index contributed by atoms with van der Waals surface area (Å²) in [4.78, 5) is 15.6. The molecule has 0 saturated carbocycles. The normalized spacial score (nSPS) is 21.2. The number of halogens is 4. The number of hydrogen-bond acceptors (Lipinski definition) is 4. The highest BCUT2D eigenvalue weighted by Crippen LogP contribution is 2.31. The third-order valence-electron chi connectivity index (χ3n) is 2.92. The molecule has 1 aromatic rings. The molecule has 1 aliphatic heterocycles. The molecule has 1 amide bonds. The third kappa shape index (κ3) is 4.16. The van der Waals surface area contributed by atoms with E-state index in [2.05, 4.69) is 26.2 Å². The lowest BCUT2D eigenvalue weighted by atomic mass is 10.2. The van der Waals surface area contributed by atoms with Gasteiger partial charge < -0.3 is 5.32 Å². The van der Waals surface area contributed by atoms with Gasteiger partial charge in [-0.1, -0.05) is 0 Å². The molecule has 0 aromatic carbocycles. The molecule has 0 unspecified atom stereocenters. The first kappa shape index (κ1) is 16.2. The Labute approximate surface area is 127 Å². The van der Waals surface area contributed by atoms with Gasteiger partial charge in [-0.15, -0.1) is 0 Å². The summed E-state index contributed by atoms with van der Waals surface area (Å²) in [5.41, 5.74) is -1.42. The van der Waals surface area contributed by atoms with Crippen LogP contribution in [0.25, 0.3) is 0 Å². The van der Waals surface area contributed by atoms with Gasteiger partial charge in [-0.05, 0) is 34.5 Å². The molecule has 0 bridgehead atoms. The van der Waals surface area contributed by atoms with Crippen LogP contribution in [0.3, 0.4) is 0 Å². The molecule has 2 rings (SSSR count). The first-order valence-electron chi connectivity index (χ1n) is 5.83. The number of amides is 1. The van der Waals surface area contributed by atoms with Gasteiger partial charge in [-0.2, -0.15) is 13.2 Å². The second-order valence-corrected chi connectivity index (χ2v) is 7.68. The van der Waals surface area contributed by atoms with Crippen LogP contribution < -0.4 is 5.32 Å². The Morgan fingerprint density at radius 2 is 2.05 bits per heavy atom. The number of sulfone groups is 1. The van der Waals surface area contributed by atoms with E-state index in [1.54, 1.807) is 0 Å². The summed E-state index contributed by atoms with van der Waals surface area (Å²) in [5, 5.41) is 2.39. The van der Waals surface area contributed by atoms with Crippen LogP contribution in [0.5, 0.6) is 0 Å². The van der Waals surface area contributed by atoms with Crippen LogP contribution in [0.2, 0.25) is 0 Å². The summed E-state index contributed by atoms with van der Waals surface area (Å²) in [6.45, 7) is 0. The maximum Gasteiger partial charge on any atom is 0.416 e. The van der Waals surface area contributed by atoms with E-state index in [1.165, 1.54) is 0 Å². The topological polar surface area (TPSA) is 76.1 Å². The van der Waals surface area contributed by atoms with Crippen LogP contribution >= 0.6 is 15.9 Å². The van der Waals surface area contributed by atoms with Gasteiger partial charge in [0.2, 0.25) is 0 Å². The summed E-state index contributed by atoms with van der Waals surface area (Å²) < 4.78 is 60.4. The first-order valence-corrected chi connectivity index (χ1v) is 8.44. The number of hydrogen-bond donors (Lipinski definition) is 1. The molecule has 2 heterocycles. The Hall–Kier alpha value is -1.16. The van der Waals surface area contributed by atoms with Gasteiger partial charge in [0.1, 0.15) is 10.3 Å². The summed E-state index contributed by atoms with van der Waals surface area (Å²) >= 11 is 2.82. The van der Waals surface area contributed by atoms with E-state index in [1.807, 2.05) is 0 Å². The lowest BCUT2D eigenvalue weighted by Crippen LogP contribution is -2.36. The predicted octanol–water partition coefficient (Wildman–Crippen LogP) is 1.78. The smallest absolute Gasteiger partial charge is 0.347 e. The number of carbonyl (C=O) groups is 1. The van der Waals surface area contributed by atoms with Crippen molar-refractivity contribution >= 4 is 31.7 Å². The van der Waals surface area contributed by atoms with Gasteiger partial charge >= 0.3 is 6.18 Å². The third-order valence-corrected chi connectivity index (χ3v) is 5.10. The number of nitrogens with one attached hydrogen (secondary N) is 1. The van der Waals surface area contributed by atoms with Crippen molar-refractivity contribution in [2.24, 2.45) is 0 Å². The van der Waals surface area contributed by atoms with E-state index in [4.69, 9.17) is 0 Å². The van der Waals surface area contributed by atoms with Gasteiger partial charge in [0, 0.05) is 6.04 Å². The number of aromatic nitrogens is 1. The second kappa shape index (κ2) is 5.56. The summed E-state index contributed by atoms with van der Waals surface area (Å²) in [7, 11) is -3.19. The maximum absolute atomic E-state index is 12.7. The molecule has 1 atom stereocenters. The van der Waals surface area contributed by atoms with Gasteiger partial charge in [-0.3, -0.25) is 4.79 Å². The standard InChI is InChI=1S/C11H10BrF3N2O3S/c12-9-4-6(11(13,14)15)3-8(17-9)10(18)16-7-1-2-21(19,20)5-7/h3-4,7H,1-2,5H2,(H,16,18)/t7-/m1/s1. The minimum absolute atomic E-state index is 0.0440. The zero-order valence-corrected chi connectivity index (χ0v) is 12.8. The van der Waals surface area contributed by atoms with Crippen molar-refractivity contribution in [1.29, 1.82) is 0 Å². The van der Waals surface area contributed by atoms with E-state index >= 15 is 0 Å². The van der Waals surface area contributed by atoms with Crippen molar-refractivity contribution in [3.05, 3.63) is 28.0 Å². The van der Waals surface area contributed by atoms with Crippen molar-refractivity contribution in [3.63, 3.8) is 0 Å². The van der Waals surface area contributed by atoms with Crippen molar-refractivity contribution in [2.75, 3.05) is 11.5 Å². The van der Waals surface area contributed by atoms with Crippen LogP contribution in [-0.4, -0.2) is 36.9 Å². The zero-order chi connectivity index (χ0) is 15.8. The largest absolute Gasteiger partial charge is 0.416 e. The molecule has 0 aliphatic carbocycles. The van der Waals surface area contributed by atoms with Crippen molar-refractivity contribution < 1.29 is 26.4 Å². The molecule has 1 fully saturated rings. The Kier molecular flexibility index (Phi) is 4.29. The molecule has 5 nitrogen and oxygen atoms in total. The molecule has 1 aliphatic rings. The highest BCUT2D eigenvalue weighted by atomic mass is 79.9. The average Bonchev–Trinajstić information content (AvgIpc) is 2.66.